The van der Waals surface area contributed by atoms with E-state index < -0.39 is 0 Å². The van der Waals surface area contributed by atoms with Crippen LogP contribution in [0, 0.1) is 11.8 Å². The zero-order chi connectivity index (χ0) is 10.5. The lowest BCUT2D eigenvalue weighted by Gasteiger charge is -2.21. The monoisotopic (exact) mass is 208 g/mol. The second kappa shape index (κ2) is 5.67. The summed E-state index contributed by atoms with van der Waals surface area (Å²) in [4.78, 5) is 12.3. The molecule has 0 aromatic carbocycles. The summed E-state index contributed by atoms with van der Waals surface area (Å²) in [7, 11) is 0. The summed E-state index contributed by atoms with van der Waals surface area (Å²) in [6.07, 6.45) is 14.0. The Hall–Kier alpha value is -0.330. The highest BCUT2D eigenvalue weighted by Crippen LogP contribution is 2.32. The van der Waals surface area contributed by atoms with E-state index in [1.807, 2.05) is 0 Å². The topological polar surface area (TPSA) is 17.1 Å². The number of rotatable bonds is 2. The van der Waals surface area contributed by atoms with Gasteiger partial charge in [-0.05, 0) is 25.7 Å². The van der Waals surface area contributed by atoms with E-state index >= 15 is 0 Å². The van der Waals surface area contributed by atoms with E-state index in [2.05, 4.69) is 0 Å². The first-order chi connectivity index (χ1) is 7.38. The van der Waals surface area contributed by atoms with Crippen LogP contribution >= 0.6 is 0 Å². The van der Waals surface area contributed by atoms with Crippen molar-refractivity contribution in [3.8, 4) is 0 Å². The van der Waals surface area contributed by atoms with Crippen LogP contribution in [0.3, 0.4) is 0 Å². The summed E-state index contributed by atoms with van der Waals surface area (Å²) in [5.74, 6) is 1.53. The first kappa shape index (κ1) is 11.2. The second-order valence-corrected chi connectivity index (χ2v) is 5.43. The molecule has 0 radical (unpaired) electrons. The lowest BCUT2D eigenvalue weighted by molar-refractivity contribution is -0.127. The van der Waals surface area contributed by atoms with Gasteiger partial charge in [0, 0.05) is 11.8 Å². The van der Waals surface area contributed by atoms with Gasteiger partial charge in [0.1, 0.15) is 5.78 Å². The molecule has 2 fully saturated rings. The number of Topliss-reactive ketones (excluding diaryl/α,β-unsaturated/α-hetero) is 1. The van der Waals surface area contributed by atoms with Crippen LogP contribution in [0.2, 0.25) is 0 Å². The molecule has 15 heavy (non-hydrogen) atoms. The zero-order valence-corrected chi connectivity index (χ0v) is 9.84. The van der Waals surface area contributed by atoms with Gasteiger partial charge in [-0.2, -0.15) is 0 Å². The normalized spacial score (nSPS) is 26.1. The molecular formula is C14H24O. The fraction of sp³-hybridized carbons (Fsp3) is 0.929. The van der Waals surface area contributed by atoms with Crippen molar-refractivity contribution in [3.05, 3.63) is 0 Å². The predicted octanol–water partition coefficient (Wildman–Crippen LogP) is 4.11. The molecule has 2 aliphatic carbocycles. The van der Waals surface area contributed by atoms with E-state index in [0.717, 1.165) is 0 Å². The van der Waals surface area contributed by atoms with Crippen LogP contribution in [-0.2, 0) is 4.79 Å². The van der Waals surface area contributed by atoms with Crippen LogP contribution in [0.4, 0.5) is 0 Å². The Labute approximate surface area is 93.6 Å². The summed E-state index contributed by atoms with van der Waals surface area (Å²) in [5.41, 5.74) is 0. The van der Waals surface area contributed by atoms with Gasteiger partial charge in [0.2, 0.25) is 0 Å². The number of carbonyl (C=O) groups excluding carboxylic acids is 1. The molecule has 0 aromatic rings. The standard InChI is InChI=1S/C14H24O/c15-14(13-10-6-7-11-13)12-8-4-2-1-3-5-9-12/h12-13H,1-11H2. The lowest BCUT2D eigenvalue weighted by atomic mass is 9.83. The molecule has 0 unspecified atom stereocenters. The minimum Gasteiger partial charge on any atom is -0.299 e. The summed E-state index contributed by atoms with van der Waals surface area (Å²) >= 11 is 0. The van der Waals surface area contributed by atoms with Crippen molar-refractivity contribution in [1.82, 2.24) is 0 Å². The van der Waals surface area contributed by atoms with E-state index in [1.54, 1.807) is 0 Å². The third-order valence-corrected chi connectivity index (χ3v) is 4.27. The molecule has 1 nitrogen and oxygen atoms in total. The molecule has 0 spiro atoms. The van der Waals surface area contributed by atoms with Crippen molar-refractivity contribution in [1.29, 1.82) is 0 Å². The number of carbonyl (C=O) groups is 1. The molecule has 0 aliphatic heterocycles. The molecule has 0 amide bonds. The Bertz CT molecular complexity index is 195. The van der Waals surface area contributed by atoms with Gasteiger partial charge in [0.05, 0.1) is 0 Å². The highest BCUT2D eigenvalue weighted by Gasteiger charge is 2.28. The molecule has 0 atom stereocenters. The van der Waals surface area contributed by atoms with Crippen LogP contribution in [-0.4, -0.2) is 5.78 Å². The van der Waals surface area contributed by atoms with Crippen molar-refractivity contribution in [2.24, 2.45) is 11.8 Å². The van der Waals surface area contributed by atoms with E-state index in [4.69, 9.17) is 0 Å². The molecule has 2 aliphatic rings. The molecular weight excluding hydrogens is 184 g/mol. The van der Waals surface area contributed by atoms with Crippen molar-refractivity contribution < 1.29 is 4.79 Å². The molecule has 1 heteroatoms. The van der Waals surface area contributed by atoms with Crippen LogP contribution in [0.15, 0.2) is 0 Å². The Morgan fingerprint density at radius 2 is 0.933 bits per heavy atom. The minimum absolute atomic E-state index is 0.438. The van der Waals surface area contributed by atoms with Gasteiger partial charge in [0.15, 0.2) is 0 Å². The van der Waals surface area contributed by atoms with Crippen LogP contribution in [0.5, 0.6) is 0 Å². The molecule has 0 aromatic heterocycles. The van der Waals surface area contributed by atoms with Gasteiger partial charge >= 0.3 is 0 Å². The number of ketones is 1. The molecule has 0 heterocycles. The van der Waals surface area contributed by atoms with Crippen LogP contribution in [0.25, 0.3) is 0 Å². The Kier molecular flexibility index (Phi) is 4.22. The van der Waals surface area contributed by atoms with Gasteiger partial charge in [-0.15, -0.1) is 0 Å². The molecule has 2 rings (SSSR count). The first-order valence-corrected chi connectivity index (χ1v) is 6.91. The fourth-order valence-corrected chi connectivity index (χ4v) is 3.28. The van der Waals surface area contributed by atoms with Crippen LogP contribution < -0.4 is 0 Å². The summed E-state index contributed by atoms with van der Waals surface area (Å²) in [5, 5.41) is 0. The fourth-order valence-electron chi connectivity index (χ4n) is 3.28. The maximum Gasteiger partial charge on any atom is 0.139 e. The maximum atomic E-state index is 12.3. The van der Waals surface area contributed by atoms with Crippen molar-refractivity contribution in [2.75, 3.05) is 0 Å². The number of hydrogen-bond acceptors (Lipinski definition) is 1. The van der Waals surface area contributed by atoms with E-state index in [9.17, 15) is 4.79 Å². The Morgan fingerprint density at radius 1 is 0.600 bits per heavy atom. The average Bonchev–Trinajstić information content (AvgIpc) is 2.68. The molecule has 0 bridgehead atoms. The quantitative estimate of drug-likeness (QED) is 0.667. The third-order valence-electron chi connectivity index (χ3n) is 4.27. The van der Waals surface area contributed by atoms with Crippen molar-refractivity contribution >= 4 is 5.78 Å². The Balaban J connectivity index is 1.85. The third kappa shape index (κ3) is 3.06. The van der Waals surface area contributed by atoms with E-state index in [-0.39, 0.29) is 0 Å². The zero-order valence-electron chi connectivity index (χ0n) is 9.84. The van der Waals surface area contributed by atoms with Crippen molar-refractivity contribution in [2.45, 2.75) is 70.6 Å². The molecule has 0 N–H and O–H groups in total. The van der Waals surface area contributed by atoms with Crippen molar-refractivity contribution in [3.63, 3.8) is 0 Å². The highest BCUT2D eigenvalue weighted by molar-refractivity contribution is 5.83. The molecule has 2 saturated carbocycles. The Morgan fingerprint density at radius 3 is 1.40 bits per heavy atom. The predicted molar refractivity (Wildman–Crippen MR) is 62.8 cm³/mol. The van der Waals surface area contributed by atoms with Gasteiger partial charge in [0.25, 0.3) is 0 Å². The SMILES string of the molecule is O=C(C1CCCCCCC1)C1CCCC1. The largest absolute Gasteiger partial charge is 0.299 e. The molecule has 0 saturated heterocycles. The smallest absolute Gasteiger partial charge is 0.139 e. The van der Waals surface area contributed by atoms with Gasteiger partial charge in [-0.25, -0.2) is 0 Å². The summed E-state index contributed by atoms with van der Waals surface area (Å²) < 4.78 is 0. The minimum atomic E-state index is 0.438. The summed E-state index contributed by atoms with van der Waals surface area (Å²) in [6.45, 7) is 0. The highest BCUT2D eigenvalue weighted by atomic mass is 16.1. The second-order valence-electron chi connectivity index (χ2n) is 5.43. The van der Waals surface area contributed by atoms with Gasteiger partial charge in [-0.1, -0.05) is 44.9 Å². The first-order valence-electron chi connectivity index (χ1n) is 6.91. The lowest BCUT2D eigenvalue weighted by Crippen LogP contribution is -2.22. The van der Waals surface area contributed by atoms with Gasteiger partial charge < -0.3 is 0 Å². The average molecular weight is 208 g/mol. The van der Waals surface area contributed by atoms with Gasteiger partial charge in [-0.3, -0.25) is 4.79 Å². The van der Waals surface area contributed by atoms with E-state index in [1.165, 1.54) is 70.6 Å². The summed E-state index contributed by atoms with van der Waals surface area (Å²) in [6, 6.07) is 0. The van der Waals surface area contributed by atoms with Crippen LogP contribution in [0.1, 0.15) is 70.6 Å². The maximum absolute atomic E-state index is 12.3. The molecule has 86 valence electrons. The van der Waals surface area contributed by atoms with E-state index in [0.29, 0.717) is 17.6 Å². The number of hydrogen-bond donors (Lipinski definition) is 0.